The van der Waals surface area contributed by atoms with Crippen LogP contribution in [0.4, 0.5) is 11.5 Å². The molecule has 1 heterocycles. The number of anilines is 2. The van der Waals surface area contributed by atoms with Crippen molar-refractivity contribution >= 4 is 23.4 Å². The number of para-hydroxylation sites is 1. The van der Waals surface area contributed by atoms with E-state index in [1.807, 2.05) is 13.8 Å². The van der Waals surface area contributed by atoms with Gasteiger partial charge in [0, 0.05) is 12.1 Å². The van der Waals surface area contributed by atoms with Crippen LogP contribution in [0.1, 0.15) is 41.6 Å². The van der Waals surface area contributed by atoms with Gasteiger partial charge >= 0.3 is 5.97 Å². The third-order valence-corrected chi connectivity index (χ3v) is 3.01. The highest BCUT2D eigenvalue weighted by Crippen LogP contribution is 2.17. The van der Waals surface area contributed by atoms with Crippen molar-refractivity contribution < 1.29 is 14.3 Å². The average molecular weight is 328 g/mol. The van der Waals surface area contributed by atoms with E-state index in [0.29, 0.717) is 17.1 Å². The van der Waals surface area contributed by atoms with E-state index in [1.54, 1.807) is 37.3 Å². The Morgan fingerprint density at radius 1 is 1.21 bits per heavy atom. The number of hydrogen-bond donors (Lipinski definition) is 2. The van der Waals surface area contributed by atoms with Crippen LogP contribution in [0, 0.1) is 0 Å². The average Bonchev–Trinajstić information content (AvgIpc) is 2.55. The number of ether oxygens (including phenoxy) is 1. The van der Waals surface area contributed by atoms with Crippen LogP contribution in [0.2, 0.25) is 0 Å². The summed E-state index contributed by atoms with van der Waals surface area (Å²) in [6.45, 7) is 5.93. The number of aromatic nitrogens is 2. The van der Waals surface area contributed by atoms with E-state index in [2.05, 4.69) is 20.6 Å². The zero-order valence-electron chi connectivity index (χ0n) is 13.9. The molecule has 0 saturated carbocycles. The first-order valence-electron chi connectivity index (χ1n) is 7.67. The van der Waals surface area contributed by atoms with Gasteiger partial charge in [-0.05, 0) is 32.9 Å². The summed E-state index contributed by atoms with van der Waals surface area (Å²) in [6, 6.07) is 8.40. The second-order valence-corrected chi connectivity index (χ2v) is 5.31. The molecule has 7 nitrogen and oxygen atoms in total. The van der Waals surface area contributed by atoms with E-state index in [0.717, 1.165) is 0 Å². The number of esters is 1. The van der Waals surface area contributed by atoms with Crippen LogP contribution >= 0.6 is 0 Å². The van der Waals surface area contributed by atoms with Gasteiger partial charge in [0.2, 0.25) is 0 Å². The van der Waals surface area contributed by atoms with Gasteiger partial charge in [0.05, 0.1) is 17.9 Å². The molecule has 2 aromatic rings. The molecular formula is C17H20N4O3. The van der Waals surface area contributed by atoms with Gasteiger partial charge in [0.25, 0.3) is 5.91 Å². The number of carbonyl (C=O) groups is 2. The lowest BCUT2D eigenvalue weighted by Crippen LogP contribution is -2.18. The molecule has 24 heavy (non-hydrogen) atoms. The second-order valence-electron chi connectivity index (χ2n) is 5.31. The minimum Gasteiger partial charge on any atom is -0.462 e. The molecule has 1 amide bonds. The topological polar surface area (TPSA) is 93.2 Å². The molecule has 0 radical (unpaired) electrons. The number of hydrogen-bond acceptors (Lipinski definition) is 6. The van der Waals surface area contributed by atoms with Gasteiger partial charge < -0.3 is 15.4 Å². The third kappa shape index (κ3) is 4.52. The molecular weight excluding hydrogens is 308 g/mol. The Kier molecular flexibility index (Phi) is 5.83. The molecule has 7 heteroatoms. The highest BCUT2D eigenvalue weighted by molar-refractivity contribution is 6.07. The number of amides is 1. The van der Waals surface area contributed by atoms with E-state index >= 15 is 0 Å². The number of nitrogens with zero attached hydrogens (tertiary/aromatic N) is 2. The van der Waals surface area contributed by atoms with Crippen LogP contribution in [-0.4, -0.2) is 34.5 Å². The van der Waals surface area contributed by atoms with E-state index in [1.165, 1.54) is 6.33 Å². The molecule has 2 N–H and O–H groups in total. The third-order valence-electron chi connectivity index (χ3n) is 3.01. The van der Waals surface area contributed by atoms with E-state index in [4.69, 9.17) is 4.74 Å². The summed E-state index contributed by atoms with van der Waals surface area (Å²) >= 11 is 0. The lowest BCUT2D eigenvalue weighted by Gasteiger charge is -2.11. The van der Waals surface area contributed by atoms with Crippen LogP contribution in [0.25, 0.3) is 0 Å². The van der Waals surface area contributed by atoms with Crippen LogP contribution in [0.3, 0.4) is 0 Å². The Labute approximate surface area is 140 Å². The van der Waals surface area contributed by atoms with Gasteiger partial charge in [0.1, 0.15) is 17.8 Å². The monoisotopic (exact) mass is 328 g/mol. The minimum absolute atomic E-state index is 0.181. The Balaban J connectivity index is 2.20. The van der Waals surface area contributed by atoms with Gasteiger partial charge in [-0.25, -0.2) is 14.8 Å². The molecule has 2 rings (SSSR count). The summed E-state index contributed by atoms with van der Waals surface area (Å²) in [4.78, 5) is 32.4. The quantitative estimate of drug-likeness (QED) is 0.792. The molecule has 0 aliphatic rings. The predicted molar refractivity (Wildman–Crippen MR) is 91.1 cm³/mol. The summed E-state index contributed by atoms with van der Waals surface area (Å²) in [7, 11) is 0. The van der Waals surface area contributed by atoms with E-state index < -0.39 is 11.9 Å². The number of benzene rings is 1. The molecule has 0 unspecified atom stereocenters. The van der Waals surface area contributed by atoms with Crippen molar-refractivity contribution in [1.82, 2.24) is 9.97 Å². The first-order valence-corrected chi connectivity index (χ1v) is 7.67. The van der Waals surface area contributed by atoms with E-state index in [-0.39, 0.29) is 18.3 Å². The molecule has 0 aliphatic heterocycles. The standard InChI is InChI=1S/C17H20N4O3/c1-4-24-17(23)12-7-5-6-8-13(12)21-16(22)14-9-15(19-10-18-14)20-11(2)3/h5-11H,4H2,1-3H3,(H,21,22)(H,18,19,20). The minimum atomic E-state index is -0.488. The second kappa shape index (κ2) is 8.05. The van der Waals surface area contributed by atoms with Crippen LogP contribution in [0.5, 0.6) is 0 Å². The summed E-state index contributed by atoms with van der Waals surface area (Å²) in [5.74, 6) is -0.358. The predicted octanol–water partition coefficient (Wildman–Crippen LogP) is 2.73. The zero-order valence-corrected chi connectivity index (χ0v) is 13.9. The summed E-state index contributed by atoms with van der Waals surface area (Å²) in [5, 5.41) is 5.79. The Bertz CT molecular complexity index is 731. The summed E-state index contributed by atoms with van der Waals surface area (Å²) in [6.07, 6.45) is 1.32. The van der Waals surface area contributed by atoms with Crippen molar-refractivity contribution in [2.45, 2.75) is 26.8 Å². The largest absolute Gasteiger partial charge is 0.462 e. The first-order chi connectivity index (χ1) is 11.5. The lowest BCUT2D eigenvalue weighted by molar-refractivity contribution is 0.0527. The zero-order chi connectivity index (χ0) is 17.5. The summed E-state index contributed by atoms with van der Waals surface area (Å²) < 4.78 is 4.99. The van der Waals surface area contributed by atoms with Crippen molar-refractivity contribution in [3.8, 4) is 0 Å². The molecule has 0 aliphatic carbocycles. The summed E-state index contributed by atoms with van der Waals surface area (Å²) in [5.41, 5.74) is 0.868. The van der Waals surface area contributed by atoms with Crippen LogP contribution in [0.15, 0.2) is 36.7 Å². The fraction of sp³-hybridized carbons (Fsp3) is 0.294. The van der Waals surface area contributed by atoms with Crippen molar-refractivity contribution in [3.63, 3.8) is 0 Å². The van der Waals surface area contributed by atoms with Gasteiger partial charge in [-0.2, -0.15) is 0 Å². The lowest BCUT2D eigenvalue weighted by atomic mass is 10.1. The molecule has 0 saturated heterocycles. The van der Waals surface area contributed by atoms with Crippen molar-refractivity contribution in [3.05, 3.63) is 47.9 Å². The Morgan fingerprint density at radius 2 is 1.96 bits per heavy atom. The Morgan fingerprint density at radius 3 is 2.67 bits per heavy atom. The SMILES string of the molecule is CCOC(=O)c1ccccc1NC(=O)c1cc(NC(C)C)ncn1. The molecule has 126 valence electrons. The van der Waals surface area contributed by atoms with Crippen molar-refractivity contribution in [1.29, 1.82) is 0 Å². The molecule has 1 aromatic carbocycles. The smallest absolute Gasteiger partial charge is 0.340 e. The molecule has 0 bridgehead atoms. The van der Waals surface area contributed by atoms with Gasteiger partial charge in [-0.1, -0.05) is 12.1 Å². The van der Waals surface area contributed by atoms with E-state index in [9.17, 15) is 9.59 Å². The normalized spacial score (nSPS) is 10.3. The molecule has 0 spiro atoms. The maximum atomic E-state index is 12.4. The van der Waals surface area contributed by atoms with Gasteiger partial charge in [-0.15, -0.1) is 0 Å². The fourth-order valence-corrected chi connectivity index (χ4v) is 2.02. The highest BCUT2D eigenvalue weighted by Gasteiger charge is 2.16. The maximum absolute atomic E-state index is 12.4. The highest BCUT2D eigenvalue weighted by atomic mass is 16.5. The number of nitrogens with one attached hydrogen (secondary N) is 2. The van der Waals surface area contributed by atoms with Crippen molar-refractivity contribution in [2.24, 2.45) is 0 Å². The first kappa shape index (κ1) is 17.4. The fourth-order valence-electron chi connectivity index (χ4n) is 2.02. The molecule has 1 aromatic heterocycles. The molecule has 0 fully saturated rings. The van der Waals surface area contributed by atoms with Crippen LogP contribution < -0.4 is 10.6 Å². The van der Waals surface area contributed by atoms with Crippen molar-refractivity contribution in [2.75, 3.05) is 17.2 Å². The number of carbonyl (C=O) groups excluding carboxylic acids is 2. The van der Waals surface area contributed by atoms with Crippen LogP contribution in [-0.2, 0) is 4.74 Å². The maximum Gasteiger partial charge on any atom is 0.340 e. The molecule has 0 atom stereocenters. The van der Waals surface area contributed by atoms with Gasteiger partial charge in [0.15, 0.2) is 0 Å². The Hall–Kier alpha value is -2.96. The van der Waals surface area contributed by atoms with Gasteiger partial charge in [-0.3, -0.25) is 4.79 Å². The number of rotatable bonds is 6.